The van der Waals surface area contributed by atoms with E-state index in [-0.39, 0.29) is 0 Å². The summed E-state index contributed by atoms with van der Waals surface area (Å²) in [5.74, 6) is -0.429. The lowest BCUT2D eigenvalue weighted by atomic mass is 10.1. The van der Waals surface area contributed by atoms with Crippen molar-refractivity contribution in [2.45, 2.75) is 12.6 Å². The average molecular weight is 321 g/mol. The molecule has 6 heteroatoms. The van der Waals surface area contributed by atoms with E-state index < -0.39 is 12.0 Å². The zero-order chi connectivity index (χ0) is 16.1. The minimum Gasteiger partial charge on any atom is -0.495 e. The smallest absolute Gasteiger partial charge is 0.325 e. The number of rotatable bonds is 6. The molecule has 0 radical (unpaired) electrons. The van der Waals surface area contributed by atoms with Crippen molar-refractivity contribution in [1.29, 1.82) is 0 Å². The van der Waals surface area contributed by atoms with E-state index >= 15 is 0 Å². The number of methoxy groups -OCH3 is 1. The first-order chi connectivity index (χ1) is 10.5. The van der Waals surface area contributed by atoms with Crippen LogP contribution < -0.4 is 4.74 Å². The number of carbonyl (C=O) groups is 1. The van der Waals surface area contributed by atoms with E-state index in [2.05, 4.69) is 4.98 Å². The number of likely N-dealkylation sites (N-methyl/N-ethyl adjacent to an activating group) is 1. The summed E-state index contributed by atoms with van der Waals surface area (Å²) in [6, 6.07) is 9.73. The van der Waals surface area contributed by atoms with E-state index in [4.69, 9.17) is 16.3 Å². The van der Waals surface area contributed by atoms with Crippen LogP contribution in [0.4, 0.5) is 0 Å². The number of ether oxygens (including phenoxy) is 1. The number of carboxylic acid groups (broad SMARTS) is 1. The molecule has 2 aromatic rings. The summed E-state index contributed by atoms with van der Waals surface area (Å²) in [5, 5.41) is 9.94. The predicted molar refractivity (Wildman–Crippen MR) is 84.1 cm³/mol. The van der Waals surface area contributed by atoms with Crippen molar-refractivity contribution in [3.8, 4) is 5.75 Å². The van der Waals surface area contributed by atoms with E-state index in [1.165, 1.54) is 7.11 Å². The van der Waals surface area contributed by atoms with Crippen LogP contribution in [0.15, 0.2) is 42.6 Å². The zero-order valence-electron chi connectivity index (χ0n) is 12.4. The molecular formula is C16H17ClN2O3. The number of hydrogen-bond acceptors (Lipinski definition) is 4. The van der Waals surface area contributed by atoms with Crippen LogP contribution in [0.1, 0.15) is 17.3 Å². The van der Waals surface area contributed by atoms with Gasteiger partial charge in [-0.2, -0.15) is 0 Å². The highest BCUT2D eigenvalue weighted by Crippen LogP contribution is 2.30. The van der Waals surface area contributed by atoms with E-state index in [0.717, 1.165) is 5.69 Å². The van der Waals surface area contributed by atoms with E-state index in [1.807, 2.05) is 18.2 Å². The van der Waals surface area contributed by atoms with E-state index in [0.29, 0.717) is 22.9 Å². The van der Waals surface area contributed by atoms with Gasteiger partial charge in [-0.1, -0.05) is 23.7 Å². The number of benzene rings is 1. The van der Waals surface area contributed by atoms with Gasteiger partial charge >= 0.3 is 5.97 Å². The molecule has 0 fully saturated rings. The molecule has 1 aromatic heterocycles. The van der Waals surface area contributed by atoms with Crippen molar-refractivity contribution < 1.29 is 14.6 Å². The summed E-state index contributed by atoms with van der Waals surface area (Å²) in [6.45, 7) is 0.418. The van der Waals surface area contributed by atoms with Gasteiger partial charge in [-0.05, 0) is 36.9 Å². The van der Waals surface area contributed by atoms with Gasteiger partial charge in [0.2, 0.25) is 0 Å². The van der Waals surface area contributed by atoms with Gasteiger partial charge in [0.25, 0.3) is 0 Å². The molecule has 0 aliphatic heterocycles. The van der Waals surface area contributed by atoms with Crippen molar-refractivity contribution in [2.75, 3.05) is 14.2 Å². The Morgan fingerprint density at radius 3 is 2.73 bits per heavy atom. The summed E-state index contributed by atoms with van der Waals surface area (Å²) in [4.78, 5) is 17.6. The number of halogens is 1. The first-order valence-electron chi connectivity index (χ1n) is 6.69. The van der Waals surface area contributed by atoms with Crippen LogP contribution >= 0.6 is 11.6 Å². The Balaban J connectivity index is 2.26. The summed E-state index contributed by atoms with van der Waals surface area (Å²) >= 11 is 6.09. The summed E-state index contributed by atoms with van der Waals surface area (Å²) in [6.07, 6.45) is 1.68. The molecule has 116 valence electrons. The number of pyridine rings is 1. The van der Waals surface area contributed by atoms with Gasteiger partial charge in [-0.15, -0.1) is 0 Å². The van der Waals surface area contributed by atoms with Crippen LogP contribution in [0.5, 0.6) is 5.75 Å². The summed E-state index contributed by atoms with van der Waals surface area (Å²) in [5.41, 5.74) is 1.40. The molecule has 2 rings (SSSR count). The molecule has 1 N–H and O–H groups in total. The van der Waals surface area contributed by atoms with Crippen molar-refractivity contribution in [3.63, 3.8) is 0 Å². The fourth-order valence-electron chi connectivity index (χ4n) is 2.28. The molecule has 0 saturated heterocycles. The van der Waals surface area contributed by atoms with E-state index in [1.54, 1.807) is 36.3 Å². The predicted octanol–water partition coefficient (Wildman–Crippen LogP) is 3.00. The fourth-order valence-corrected chi connectivity index (χ4v) is 2.54. The van der Waals surface area contributed by atoms with Crippen molar-refractivity contribution in [2.24, 2.45) is 0 Å². The molecule has 1 heterocycles. The normalized spacial score (nSPS) is 12.2. The molecular weight excluding hydrogens is 304 g/mol. The summed E-state index contributed by atoms with van der Waals surface area (Å²) in [7, 11) is 3.26. The van der Waals surface area contributed by atoms with Crippen LogP contribution in [0.2, 0.25) is 5.02 Å². The Kier molecular flexibility index (Phi) is 5.35. The molecule has 0 bridgehead atoms. The SMILES string of the molecule is COc1ccc([C@@H](C(=O)O)N(C)Cc2ccccn2)cc1Cl. The Morgan fingerprint density at radius 1 is 1.41 bits per heavy atom. The first-order valence-corrected chi connectivity index (χ1v) is 7.07. The topological polar surface area (TPSA) is 62.7 Å². The average Bonchev–Trinajstić information content (AvgIpc) is 2.48. The van der Waals surface area contributed by atoms with Crippen LogP contribution in [0.25, 0.3) is 0 Å². The Hall–Kier alpha value is -2.11. The number of aromatic nitrogens is 1. The lowest BCUT2D eigenvalue weighted by molar-refractivity contribution is -0.143. The van der Waals surface area contributed by atoms with Crippen LogP contribution in [-0.2, 0) is 11.3 Å². The minimum atomic E-state index is -0.945. The highest BCUT2D eigenvalue weighted by atomic mass is 35.5. The maximum absolute atomic E-state index is 11.7. The van der Waals surface area contributed by atoms with Crippen LogP contribution in [-0.4, -0.2) is 35.1 Å². The monoisotopic (exact) mass is 320 g/mol. The standard InChI is InChI=1S/C16H17ClN2O3/c1-19(10-12-5-3-4-8-18-12)15(16(20)21)11-6-7-14(22-2)13(17)9-11/h3-9,15H,10H2,1-2H3,(H,20,21)/t15-/m0/s1. The first kappa shape index (κ1) is 16.3. The number of aliphatic carboxylic acids is 1. The van der Waals surface area contributed by atoms with Crippen molar-refractivity contribution in [3.05, 3.63) is 58.9 Å². The lowest BCUT2D eigenvalue weighted by Gasteiger charge is -2.25. The zero-order valence-corrected chi connectivity index (χ0v) is 13.1. The Labute approximate surface area is 134 Å². The second-order valence-electron chi connectivity index (χ2n) is 4.87. The summed E-state index contributed by atoms with van der Waals surface area (Å²) < 4.78 is 5.09. The van der Waals surface area contributed by atoms with Gasteiger partial charge in [-0.3, -0.25) is 14.7 Å². The van der Waals surface area contributed by atoms with Crippen LogP contribution in [0, 0.1) is 0 Å². The molecule has 1 aromatic carbocycles. The molecule has 5 nitrogen and oxygen atoms in total. The van der Waals surface area contributed by atoms with Crippen molar-refractivity contribution in [1.82, 2.24) is 9.88 Å². The highest BCUT2D eigenvalue weighted by molar-refractivity contribution is 6.32. The minimum absolute atomic E-state index is 0.387. The maximum Gasteiger partial charge on any atom is 0.325 e. The number of carboxylic acids is 1. The largest absolute Gasteiger partial charge is 0.495 e. The van der Waals surface area contributed by atoms with Gasteiger partial charge in [0.15, 0.2) is 0 Å². The Morgan fingerprint density at radius 2 is 2.18 bits per heavy atom. The van der Waals surface area contributed by atoms with Gasteiger partial charge in [0.1, 0.15) is 11.8 Å². The third kappa shape index (κ3) is 3.75. The van der Waals surface area contributed by atoms with Gasteiger partial charge < -0.3 is 9.84 Å². The van der Waals surface area contributed by atoms with E-state index in [9.17, 15) is 9.90 Å². The molecule has 22 heavy (non-hydrogen) atoms. The lowest BCUT2D eigenvalue weighted by Crippen LogP contribution is -2.30. The van der Waals surface area contributed by atoms with Gasteiger partial charge in [0.05, 0.1) is 17.8 Å². The highest BCUT2D eigenvalue weighted by Gasteiger charge is 2.25. The fraction of sp³-hybridized carbons (Fsp3) is 0.250. The molecule has 0 amide bonds. The molecule has 0 aliphatic rings. The molecule has 0 unspecified atom stereocenters. The second-order valence-corrected chi connectivity index (χ2v) is 5.28. The van der Waals surface area contributed by atoms with Crippen LogP contribution in [0.3, 0.4) is 0 Å². The third-order valence-electron chi connectivity index (χ3n) is 3.30. The molecule has 0 aliphatic carbocycles. The number of hydrogen-bond donors (Lipinski definition) is 1. The molecule has 0 saturated carbocycles. The third-order valence-corrected chi connectivity index (χ3v) is 3.60. The quantitative estimate of drug-likeness (QED) is 0.886. The second kappa shape index (κ2) is 7.24. The Bertz CT molecular complexity index is 649. The van der Waals surface area contributed by atoms with Gasteiger partial charge in [-0.25, -0.2) is 0 Å². The maximum atomic E-state index is 11.7. The molecule has 0 spiro atoms. The van der Waals surface area contributed by atoms with Crippen molar-refractivity contribution >= 4 is 17.6 Å². The molecule has 1 atom stereocenters. The van der Waals surface area contributed by atoms with Gasteiger partial charge in [0, 0.05) is 12.7 Å². The number of nitrogens with zero attached hydrogens (tertiary/aromatic N) is 2.